The van der Waals surface area contributed by atoms with Crippen LogP contribution in [-0.4, -0.2) is 34.3 Å². The molecule has 1 fully saturated rings. The van der Waals surface area contributed by atoms with Crippen LogP contribution < -0.4 is 10.6 Å². The van der Waals surface area contributed by atoms with Crippen molar-refractivity contribution >= 4 is 38.5 Å². The second kappa shape index (κ2) is 9.75. The number of alkyl halides is 2. The van der Waals surface area contributed by atoms with Crippen molar-refractivity contribution in [2.45, 2.75) is 49.3 Å². The number of aryl methyl sites for hydroxylation is 1. The molecule has 0 atom stereocenters. The number of amides is 2. The number of benzene rings is 1. The van der Waals surface area contributed by atoms with E-state index in [-0.39, 0.29) is 40.4 Å². The second-order valence-corrected chi connectivity index (χ2v) is 11.2. The first-order valence-corrected chi connectivity index (χ1v) is 13.4. The van der Waals surface area contributed by atoms with E-state index < -0.39 is 27.8 Å². The topological polar surface area (TPSA) is 106 Å². The standard InChI is InChI=1S/C26H24F3N5O3S/c1-16-2-5-20(6-3-16)38(36,37)34-15-23(21-12-18(27)13-31-24(21)34)33-25(35)32-19-4-7-22(30-14-19)17-8-10-26(28,29)11-9-17/h2-7,12-15,17H,8-11H2,1H3,(H2,32,33,35). The molecule has 1 aliphatic carbocycles. The molecule has 0 bridgehead atoms. The average Bonchev–Trinajstić information content (AvgIpc) is 3.23. The number of pyridine rings is 2. The molecular weight excluding hydrogens is 519 g/mol. The van der Waals surface area contributed by atoms with Gasteiger partial charge in [0.2, 0.25) is 5.92 Å². The maximum absolute atomic E-state index is 14.0. The largest absolute Gasteiger partial charge is 0.323 e. The Morgan fingerprint density at radius 2 is 1.74 bits per heavy atom. The van der Waals surface area contributed by atoms with Crippen LogP contribution in [0.1, 0.15) is 42.9 Å². The minimum Gasteiger partial charge on any atom is -0.306 e. The van der Waals surface area contributed by atoms with Gasteiger partial charge in [0.15, 0.2) is 5.65 Å². The van der Waals surface area contributed by atoms with E-state index >= 15 is 0 Å². The minimum atomic E-state index is -4.09. The van der Waals surface area contributed by atoms with Crippen LogP contribution in [0.5, 0.6) is 0 Å². The fraction of sp³-hybridized carbons (Fsp3) is 0.269. The normalized spacial score (nSPS) is 15.9. The minimum absolute atomic E-state index is 0.00924. The van der Waals surface area contributed by atoms with E-state index in [1.807, 2.05) is 6.92 Å². The molecular formula is C26H24F3N5O3S. The number of carbonyl (C=O) groups is 1. The lowest BCUT2D eigenvalue weighted by Crippen LogP contribution is -2.24. The highest BCUT2D eigenvalue weighted by molar-refractivity contribution is 7.90. The fourth-order valence-electron chi connectivity index (χ4n) is 4.50. The number of nitrogens with zero attached hydrogens (tertiary/aromatic N) is 3. The van der Waals surface area contributed by atoms with Crippen molar-refractivity contribution in [1.82, 2.24) is 13.9 Å². The summed E-state index contributed by atoms with van der Waals surface area (Å²) in [6, 6.07) is 9.88. The van der Waals surface area contributed by atoms with Gasteiger partial charge in [-0.05, 0) is 50.1 Å². The van der Waals surface area contributed by atoms with Crippen molar-refractivity contribution in [1.29, 1.82) is 0 Å². The third-order valence-corrected chi connectivity index (χ3v) is 8.25. The molecule has 1 aliphatic rings. The van der Waals surface area contributed by atoms with Gasteiger partial charge in [0.1, 0.15) is 5.82 Å². The van der Waals surface area contributed by atoms with Crippen LogP contribution in [0.25, 0.3) is 11.0 Å². The Bertz CT molecular complexity index is 1590. The molecule has 1 saturated carbocycles. The number of anilines is 2. The highest BCUT2D eigenvalue weighted by atomic mass is 32.2. The Morgan fingerprint density at radius 3 is 2.39 bits per heavy atom. The van der Waals surface area contributed by atoms with Crippen LogP contribution in [0.15, 0.2) is 66.0 Å². The van der Waals surface area contributed by atoms with Gasteiger partial charge in [-0.25, -0.2) is 35.3 Å². The third kappa shape index (κ3) is 5.21. The number of halogens is 3. The van der Waals surface area contributed by atoms with E-state index in [0.717, 1.165) is 21.8 Å². The molecule has 0 aliphatic heterocycles. The number of nitrogens with one attached hydrogen (secondary N) is 2. The number of rotatable bonds is 5. The number of fused-ring (bicyclic) bond motifs is 1. The lowest BCUT2D eigenvalue weighted by molar-refractivity contribution is -0.0384. The Morgan fingerprint density at radius 1 is 1.03 bits per heavy atom. The molecule has 38 heavy (non-hydrogen) atoms. The van der Waals surface area contributed by atoms with Crippen molar-refractivity contribution in [3.05, 3.63) is 78.1 Å². The molecule has 1 aromatic carbocycles. The van der Waals surface area contributed by atoms with Crippen LogP contribution in [0.2, 0.25) is 0 Å². The van der Waals surface area contributed by atoms with E-state index in [4.69, 9.17) is 0 Å². The summed E-state index contributed by atoms with van der Waals surface area (Å²) in [5, 5.41) is 5.24. The number of carbonyl (C=O) groups excluding carboxylic acids is 1. The molecule has 0 radical (unpaired) electrons. The average molecular weight is 544 g/mol. The number of aromatic nitrogens is 3. The first-order valence-electron chi connectivity index (χ1n) is 11.9. The van der Waals surface area contributed by atoms with Gasteiger partial charge in [-0.2, -0.15) is 0 Å². The van der Waals surface area contributed by atoms with Gasteiger partial charge in [-0.3, -0.25) is 4.98 Å². The second-order valence-electron chi connectivity index (χ2n) is 9.36. The van der Waals surface area contributed by atoms with E-state index in [9.17, 15) is 26.4 Å². The predicted molar refractivity (Wildman–Crippen MR) is 136 cm³/mol. The molecule has 0 spiro atoms. The monoisotopic (exact) mass is 543 g/mol. The lowest BCUT2D eigenvalue weighted by atomic mass is 9.84. The van der Waals surface area contributed by atoms with Crippen molar-refractivity contribution in [2.24, 2.45) is 0 Å². The van der Waals surface area contributed by atoms with E-state index in [1.165, 1.54) is 24.5 Å². The fourth-order valence-corrected chi connectivity index (χ4v) is 5.83. The van der Waals surface area contributed by atoms with Gasteiger partial charge in [-0.15, -0.1) is 0 Å². The van der Waals surface area contributed by atoms with E-state index in [2.05, 4.69) is 20.6 Å². The van der Waals surface area contributed by atoms with Crippen LogP contribution in [-0.2, 0) is 10.0 Å². The molecule has 2 amide bonds. The van der Waals surface area contributed by atoms with Crippen LogP contribution >= 0.6 is 0 Å². The summed E-state index contributed by atoms with van der Waals surface area (Å²) in [5.74, 6) is -3.40. The van der Waals surface area contributed by atoms with Crippen molar-refractivity contribution < 1.29 is 26.4 Å². The molecule has 5 rings (SSSR count). The molecule has 3 heterocycles. The number of hydrogen-bond acceptors (Lipinski definition) is 5. The van der Waals surface area contributed by atoms with Gasteiger partial charge >= 0.3 is 6.03 Å². The molecule has 12 heteroatoms. The van der Waals surface area contributed by atoms with Crippen molar-refractivity contribution in [3.63, 3.8) is 0 Å². The van der Waals surface area contributed by atoms with E-state index in [1.54, 1.807) is 24.3 Å². The zero-order chi connectivity index (χ0) is 27.1. The van der Waals surface area contributed by atoms with Gasteiger partial charge in [0.05, 0.1) is 28.7 Å². The summed E-state index contributed by atoms with van der Waals surface area (Å²) in [7, 11) is -4.09. The highest BCUT2D eigenvalue weighted by Crippen LogP contribution is 2.40. The zero-order valence-corrected chi connectivity index (χ0v) is 21.1. The maximum Gasteiger partial charge on any atom is 0.323 e. The third-order valence-electron chi connectivity index (χ3n) is 6.58. The molecule has 198 valence electrons. The Labute approximate surface area is 217 Å². The highest BCUT2D eigenvalue weighted by Gasteiger charge is 2.35. The number of urea groups is 1. The Kier molecular flexibility index (Phi) is 6.59. The van der Waals surface area contributed by atoms with Crippen LogP contribution in [0.3, 0.4) is 0 Å². The van der Waals surface area contributed by atoms with E-state index in [0.29, 0.717) is 24.2 Å². The summed E-state index contributed by atoms with van der Waals surface area (Å²) in [6.07, 6.45) is 3.82. The van der Waals surface area contributed by atoms with Crippen LogP contribution in [0, 0.1) is 12.7 Å². The maximum atomic E-state index is 14.0. The first kappa shape index (κ1) is 25.7. The smallest absolute Gasteiger partial charge is 0.306 e. The van der Waals surface area contributed by atoms with Crippen LogP contribution in [0.4, 0.5) is 29.3 Å². The first-order chi connectivity index (χ1) is 18.0. The van der Waals surface area contributed by atoms with Gasteiger partial charge < -0.3 is 10.6 Å². The van der Waals surface area contributed by atoms with Crippen molar-refractivity contribution in [3.8, 4) is 0 Å². The molecule has 4 aromatic rings. The van der Waals surface area contributed by atoms with Gasteiger partial charge in [-0.1, -0.05) is 17.7 Å². The molecule has 0 saturated heterocycles. The molecule has 3 aromatic heterocycles. The summed E-state index contributed by atoms with van der Waals surface area (Å²) in [5.41, 5.74) is 1.88. The zero-order valence-electron chi connectivity index (χ0n) is 20.3. The SMILES string of the molecule is Cc1ccc(S(=O)(=O)n2cc(NC(=O)Nc3ccc(C4CCC(F)(F)CC4)nc3)c3cc(F)cnc32)cc1. The molecule has 0 unspecified atom stereocenters. The van der Waals surface area contributed by atoms with Gasteiger partial charge in [0.25, 0.3) is 10.0 Å². The summed E-state index contributed by atoms with van der Waals surface area (Å²) in [6.45, 7) is 1.83. The van der Waals surface area contributed by atoms with Gasteiger partial charge in [0, 0.05) is 36.0 Å². The Balaban J connectivity index is 1.36. The Hall–Kier alpha value is -3.93. The lowest BCUT2D eigenvalue weighted by Gasteiger charge is -2.27. The van der Waals surface area contributed by atoms with Crippen molar-refractivity contribution in [2.75, 3.05) is 10.6 Å². The quantitative estimate of drug-likeness (QED) is 0.319. The molecule has 2 N–H and O–H groups in total. The summed E-state index contributed by atoms with van der Waals surface area (Å²) < 4.78 is 68.3. The summed E-state index contributed by atoms with van der Waals surface area (Å²) >= 11 is 0. The number of hydrogen-bond donors (Lipinski definition) is 2. The molecule has 8 nitrogen and oxygen atoms in total. The summed E-state index contributed by atoms with van der Waals surface area (Å²) in [4.78, 5) is 21.0. The predicted octanol–water partition coefficient (Wildman–Crippen LogP) is 6.05.